The molecule has 7 nitrogen and oxygen atoms in total. The Balaban J connectivity index is 2.56. The van der Waals surface area contributed by atoms with Crippen molar-refractivity contribution in [1.82, 2.24) is 10.2 Å². The van der Waals surface area contributed by atoms with Gasteiger partial charge in [-0.2, -0.15) is 0 Å². The minimum absolute atomic E-state index is 0.0570. The highest BCUT2D eigenvalue weighted by Gasteiger charge is 2.15. The number of halogens is 2. The number of para-hydroxylation sites is 1. The van der Waals surface area contributed by atoms with E-state index < -0.39 is 18.4 Å². The van der Waals surface area contributed by atoms with E-state index in [2.05, 4.69) is 10.6 Å². The van der Waals surface area contributed by atoms with Gasteiger partial charge in [0.2, 0.25) is 11.8 Å². The fourth-order valence-electron chi connectivity index (χ4n) is 1.71. The first-order chi connectivity index (χ1) is 10.8. The van der Waals surface area contributed by atoms with Crippen molar-refractivity contribution in [2.45, 2.75) is 6.92 Å². The molecule has 0 fully saturated rings. The van der Waals surface area contributed by atoms with Crippen LogP contribution in [0.15, 0.2) is 18.2 Å². The zero-order valence-corrected chi connectivity index (χ0v) is 13.9. The molecule has 23 heavy (non-hydrogen) atoms. The summed E-state index contributed by atoms with van der Waals surface area (Å²) in [5.41, 5.74) is 0.312. The average molecular weight is 362 g/mol. The SMILES string of the molecule is CCN(CC(=O)NCC(=O)O)CC(=O)Nc1c(Cl)cccc1Cl. The second-order valence-corrected chi connectivity index (χ2v) is 5.43. The molecule has 0 saturated carbocycles. The number of hydrogen-bond acceptors (Lipinski definition) is 4. The van der Waals surface area contributed by atoms with Gasteiger partial charge in [-0.1, -0.05) is 36.2 Å². The van der Waals surface area contributed by atoms with E-state index in [1.807, 2.05) is 0 Å². The van der Waals surface area contributed by atoms with Crippen LogP contribution >= 0.6 is 23.2 Å². The smallest absolute Gasteiger partial charge is 0.322 e. The summed E-state index contributed by atoms with van der Waals surface area (Å²) in [4.78, 5) is 35.6. The molecule has 3 N–H and O–H groups in total. The Morgan fingerprint density at radius 3 is 2.22 bits per heavy atom. The number of carboxylic acids is 1. The molecule has 0 spiro atoms. The van der Waals surface area contributed by atoms with Crippen LogP contribution in [0.5, 0.6) is 0 Å². The number of rotatable bonds is 8. The second kappa shape index (κ2) is 9.34. The Kier molecular flexibility index (Phi) is 7.80. The van der Waals surface area contributed by atoms with Gasteiger partial charge in [-0.15, -0.1) is 0 Å². The van der Waals surface area contributed by atoms with E-state index in [1.54, 1.807) is 30.0 Å². The lowest BCUT2D eigenvalue weighted by Crippen LogP contribution is -2.42. The number of anilines is 1. The van der Waals surface area contributed by atoms with Crippen LogP contribution in [0.1, 0.15) is 6.92 Å². The highest BCUT2D eigenvalue weighted by Crippen LogP contribution is 2.29. The molecule has 0 bridgehead atoms. The molecule has 0 aliphatic carbocycles. The van der Waals surface area contributed by atoms with Crippen molar-refractivity contribution in [2.24, 2.45) is 0 Å². The molecule has 1 aromatic carbocycles. The Hall–Kier alpha value is -1.83. The van der Waals surface area contributed by atoms with Gasteiger partial charge in [0, 0.05) is 0 Å². The summed E-state index contributed by atoms with van der Waals surface area (Å²) in [6.07, 6.45) is 0. The molecule has 9 heteroatoms. The van der Waals surface area contributed by atoms with Crippen LogP contribution in [0.2, 0.25) is 10.0 Å². The molecule has 0 aromatic heterocycles. The first-order valence-corrected chi connectivity index (χ1v) is 7.53. The fraction of sp³-hybridized carbons (Fsp3) is 0.357. The van der Waals surface area contributed by atoms with Crippen molar-refractivity contribution < 1.29 is 19.5 Å². The van der Waals surface area contributed by atoms with E-state index in [-0.39, 0.29) is 19.0 Å². The normalized spacial score (nSPS) is 10.4. The maximum atomic E-state index is 12.0. The third-order valence-corrected chi connectivity index (χ3v) is 3.48. The average Bonchev–Trinajstić information content (AvgIpc) is 2.48. The molecular weight excluding hydrogens is 345 g/mol. The third-order valence-electron chi connectivity index (χ3n) is 2.85. The number of amides is 2. The van der Waals surface area contributed by atoms with Gasteiger partial charge < -0.3 is 15.7 Å². The van der Waals surface area contributed by atoms with Crippen molar-refractivity contribution in [1.29, 1.82) is 0 Å². The van der Waals surface area contributed by atoms with Crippen LogP contribution in [-0.4, -0.2) is 54.0 Å². The number of nitrogens with zero attached hydrogens (tertiary/aromatic N) is 1. The molecule has 0 saturated heterocycles. The molecule has 1 rings (SSSR count). The molecule has 1 aromatic rings. The van der Waals surface area contributed by atoms with E-state index in [4.69, 9.17) is 28.3 Å². The van der Waals surface area contributed by atoms with Crippen molar-refractivity contribution in [3.05, 3.63) is 28.2 Å². The monoisotopic (exact) mass is 361 g/mol. The Morgan fingerprint density at radius 2 is 1.70 bits per heavy atom. The lowest BCUT2D eigenvalue weighted by molar-refractivity contribution is -0.138. The summed E-state index contributed by atoms with van der Waals surface area (Å²) < 4.78 is 0. The van der Waals surface area contributed by atoms with Crippen LogP contribution in [0.25, 0.3) is 0 Å². The number of carbonyl (C=O) groups excluding carboxylic acids is 2. The van der Waals surface area contributed by atoms with Gasteiger partial charge in [-0.05, 0) is 18.7 Å². The van der Waals surface area contributed by atoms with E-state index in [9.17, 15) is 14.4 Å². The number of hydrogen-bond donors (Lipinski definition) is 3. The first-order valence-electron chi connectivity index (χ1n) is 6.78. The number of nitrogens with one attached hydrogen (secondary N) is 2. The fourth-order valence-corrected chi connectivity index (χ4v) is 2.20. The van der Waals surface area contributed by atoms with Gasteiger partial charge in [-0.3, -0.25) is 19.3 Å². The van der Waals surface area contributed by atoms with Crippen molar-refractivity contribution in [3.63, 3.8) is 0 Å². The van der Waals surface area contributed by atoms with E-state index in [0.717, 1.165) is 0 Å². The van der Waals surface area contributed by atoms with E-state index >= 15 is 0 Å². The number of benzene rings is 1. The molecular formula is C14H17Cl2N3O4. The number of likely N-dealkylation sites (N-methyl/N-ethyl adjacent to an activating group) is 1. The van der Waals surface area contributed by atoms with E-state index in [1.165, 1.54) is 0 Å². The maximum absolute atomic E-state index is 12.0. The maximum Gasteiger partial charge on any atom is 0.322 e. The molecule has 0 aliphatic rings. The van der Waals surface area contributed by atoms with Gasteiger partial charge in [0.15, 0.2) is 0 Å². The lowest BCUT2D eigenvalue weighted by Gasteiger charge is -2.19. The quantitative estimate of drug-likeness (QED) is 0.650. The summed E-state index contributed by atoms with van der Waals surface area (Å²) in [5.74, 6) is -1.99. The molecule has 0 heterocycles. The predicted molar refractivity (Wildman–Crippen MR) is 87.9 cm³/mol. The van der Waals surface area contributed by atoms with Gasteiger partial charge in [0.1, 0.15) is 6.54 Å². The lowest BCUT2D eigenvalue weighted by atomic mass is 10.3. The summed E-state index contributed by atoms with van der Waals surface area (Å²) in [6, 6.07) is 4.85. The Labute approximate surface area is 143 Å². The third kappa shape index (κ3) is 6.85. The highest BCUT2D eigenvalue weighted by molar-refractivity contribution is 6.39. The van der Waals surface area contributed by atoms with Crippen molar-refractivity contribution >= 4 is 46.7 Å². The number of aliphatic carboxylic acids is 1. The van der Waals surface area contributed by atoms with Crippen LogP contribution in [-0.2, 0) is 14.4 Å². The van der Waals surface area contributed by atoms with E-state index in [0.29, 0.717) is 22.3 Å². The number of carbonyl (C=O) groups is 3. The van der Waals surface area contributed by atoms with Gasteiger partial charge in [0.25, 0.3) is 0 Å². The van der Waals surface area contributed by atoms with Crippen LogP contribution in [0.4, 0.5) is 5.69 Å². The Bertz CT molecular complexity index is 575. The molecule has 0 aliphatic heterocycles. The topological polar surface area (TPSA) is 98.7 Å². The van der Waals surface area contributed by atoms with Gasteiger partial charge in [-0.25, -0.2) is 0 Å². The predicted octanol–water partition coefficient (Wildman–Crippen LogP) is 1.45. The molecule has 0 unspecified atom stereocenters. The summed E-state index contributed by atoms with van der Waals surface area (Å²) in [7, 11) is 0. The summed E-state index contributed by atoms with van der Waals surface area (Å²) >= 11 is 11.9. The van der Waals surface area contributed by atoms with Crippen LogP contribution < -0.4 is 10.6 Å². The minimum atomic E-state index is -1.13. The van der Waals surface area contributed by atoms with Gasteiger partial charge in [0.05, 0.1) is 28.8 Å². The van der Waals surface area contributed by atoms with Crippen LogP contribution in [0, 0.1) is 0 Å². The highest BCUT2D eigenvalue weighted by atomic mass is 35.5. The summed E-state index contributed by atoms with van der Waals surface area (Å²) in [6.45, 7) is 1.61. The summed E-state index contributed by atoms with van der Waals surface area (Å²) in [5, 5.41) is 14.0. The molecule has 0 atom stereocenters. The Morgan fingerprint density at radius 1 is 1.13 bits per heavy atom. The first kappa shape index (κ1) is 19.2. The molecule has 0 radical (unpaired) electrons. The molecule has 2 amide bonds. The second-order valence-electron chi connectivity index (χ2n) is 4.62. The number of carboxylic acid groups (broad SMARTS) is 1. The minimum Gasteiger partial charge on any atom is -0.480 e. The standard InChI is InChI=1S/C14H17Cl2N3O4/c1-2-19(7-11(20)17-6-13(22)23)8-12(21)18-14-9(15)4-3-5-10(14)16/h3-5H,2,6-8H2,1H3,(H,17,20)(H,18,21)(H,22,23). The largest absolute Gasteiger partial charge is 0.480 e. The zero-order valence-electron chi connectivity index (χ0n) is 12.4. The van der Waals surface area contributed by atoms with Crippen molar-refractivity contribution in [2.75, 3.05) is 31.5 Å². The van der Waals surface area contributed by atoms with Crippen molar-refractivity contribution in [3.8, 4) is 0 Å². The van der Waals surface area contributed by atoms with Gasteiger partial charge >= 0.3 is 5.97 Å². The zero-order chi connectivity index (χ0) is 17.4. The molecule has 126 valence electrons. The van der Waals surface area contributed by atoms with Crippen LogP contribution in [0.3, 0.4) is 0 Å².